The van der Waals surface area contributed by atoms with Crippen LogP contribution in [0, 0.1) is 0 Å². The number of quaternary nitrogens is 1. The maximum atomic E-state index is 12.9. The molecule has 3 atom stereocenters. The van der Waals surface area contributed by atoms with E-state index in [1.165, 1.54) is 225 Å². The summed E-state index contributed by atoms with van der Waals surface area (Å²) in [6, 6.07) is -0.859. The molecule has 0 saturated carbocycles. The van der Waals surface area contributed by atoms with Crippen LogP contribution in [0.15, 0.2) is 24.3 Å². The van der Waals surface area contributed by atoms with Gasteiger partial charge >= 0.3 is 7.82 Å². The lowest BCUT2D eigenvalue weighted by Gasteiger charge is -2.25. The minimum absolute atomic E-state index is 0.0587. The fourth-order valence-electron chi connectivity index (χ4n) is 8.65. The fourth-order valence-corrected chi connectivity index (χ4v) is 9.38. The number of aliphatic hydroxyl groups is 1. The number of likely N-dealkylation sites (N-methyl/N-ethyl adjacent to an activating group) is 1. The lowest BCUT2D eigenvalue weighted by atomic mass is 10.0. The van der Waals surface area contributed by atoms with Gasteiger partial charge in [-0.15, -0.1) is 0 Å². The molecule has 3 unspecified atom stereocenters. The number of carbonyl (C=O) groups is 1. The minimum Gasteiger partial charge on any atom is -0.387 e. The molecule has 1 amide bonds. The zero-order valence-electron chi connectivity index (χ0n) is 44.7. The Morgan fingerprint density at radius 3 is 1.21 bits per heavy atom. The molecule has 0 saturated heterocycles. The van der Waals surface area contributed by atoms with Crippen molar-refractivity contribution in [3.05, 3.63) is 24.3 Å². The second-order valence-corrected chi connectivity index (χ2v) is 22.5. The van der Waals surface area contributed by atoms with Crippen molar-refractivity contribution >= 4 is 13.7 Å². The summed E-state index contributed by atoms with van der Waals surface area (Å²) in [7, 11) is 1.57. The van der Waals surface area contributed by atoms with E-state index in [4.69, 9.17) is 9.05 Å². The number of hydrogen-bond donors (Lipinski definition) is 3. The molecule has 0 aliphatic rings. The molecular weight excluding hydrogens is 840 g/mol. The van der Waals surface area contributed by atoms with E-state index in [2.05, 4.69) is 31.3 Å². The monoisotopic (exact) mass is 954 g/mol. The van der Waals surface area contributed by atoms with Crippen LogP contribution in [-0.4, -0.2) is 73.4 Å². The second kappa shape index (κ2) is 49.0. The first-order valence-electron chi connectivity index (χ1n) is 28.7. The van der Waals surface area contributed by atoms with Gasteiger partial charge in [0.1, 0.15) is 13.2 Å². The molecule has 9 heteroatoms. The summed E-state index contributed by atoms with van der Waals surface area (Å²) in [5, 5.41) is 13.9. The smallest absolute Gasteiger partial charge is 0.387 e. The molecule has 0 fully saturated rings. The summed E-state index contributed by atoms with van der Waals surface area (Å²) < 4.78 is 23.7. The van der Waals surface area contributed by atoms with Gasteiger partial charge in [-0.3, -0.25) is 13.8 Å². The zero-order chi connectivity index (χ0) is 48.5. The van der Waals surface area contributed by atoms with Crippen molar-refractivity contribution in [2.24, 2.45) is 0 Å². The average Bonchev–Trinajstić information content (AvgIpc) is 3.28. The molecule has 0 aliphatic carbocycles. The second-order valence-electron chi connectivity index (χ2n) is 21.0. The fraction of sp³-hybridized carbons (Fsp3) is 0.912. The molecule has 392 valence electrons. The van der Waals surface area contributed by atoms with Crippen LogP contribution in [0.5, 0.6) is 0 Å². The van der Waals surface area contributed by atoms with Gasteiger partial charge in [0.05, 0.1) is 39.9 Å². The number of nitrogens with zero attached hydrogens (tertiary/aromatic N) is 1. The number of amides is 1. The van der Waals surface area contributed by atoms with E-state index in [1.54, 1.807) is 6.08 Å². The molecule has 0 aliphatic heterocycles. The third-order valence-electron chi connectivity index (χ3n) is 13.2. The van der Waals surface area contributed by atoms with Gasteiger partial charge in [-0.2, -0.15) is 0 Å². The van der Waals surface area contributed by atoms with E-state index in [9.17, 15) is 19.4 Å². The Labute approximate surface area is 411 Å². The maximum absolute atomic E-state index is 12.9. The van der Waals surface area contributed by atoms with E-state index >= 15 is 0 Å². The normalized spacial score (nSPS) is 14.1. The number of nitrogens with one attached hydrogen (secondary N) is 1. The van der Waals surface area contributed by atoms with Gasteiger partial charge in [-0.1, -0.05) is 269 Å². The number of aliphatic hydroxyl groups excluding tert-OH is 1. The number of rotatable bonds is 53. The van der Waals surface area contributed by atoms with Crippen molar-refractivity contribution in [3.63, 3.8) is 0 Å². The summed E-state index contributed by atoms with van der Waals surface area (Å²) in [5.41, 5.74) is 0. The largest absolute Gasteiger partial charge is 0.472 e. The van der Waals surface area contributed by atoms with Gasteiger partial charge < -0.3 is 19.8 Å². The Bertz CT molecular complexity index is 1130. The number of carbonyl (C=O) groups excluding carboxylic acids is 1. The van der Waals surface area contributed by atoms with Crippen molar-refractivity contribution in [3.8, 4) is 0 Å². The van der Waals surface area contributed by atoms with Gasteiger partial charge in [-0.05, 0) is 32.1 Å². The van der Waals surface area contributed by atoms with E-state index in [-0.39, 0.29) is 19.1 Å². The third kappa shape index (κ3) is 50.8. The molecule has 8 nitrogen and oxygen atoms in total. The lowest BCUT2D eigenvalue weighted by molar-refractivity contribution is -0.870. The molecular formula is C57H114N2O6P+. The number of phosphoric ester groups is 1. The molecule has 0 spiro atoms. The molecule has 0 bridgehead atoms. The van der Waals surface area contributed by atoms with Crippen LogP contribution < -0.4 is 5.32 Å². The van der Waals surface area contributed by atoms with E-state index in [1.807, 2.05) is 27.2 Å². The van der Waals surface area contributed by atoms with Crippen molar-refractivity contribution in [2.45, 2.75) is 296 Å². The van der Waals surface area contributed by atoms with Gasteiger partial charge in [-0.25, -0.2) is 4.57 Å². The predicted molar refractivity (Wildman–Crippen MR) is 286 cm³/mol. The number of unbranched alkanes of at least 4 members (excludes halogenated alkanes) is 38. The van der Waals surface area contributed by atoms with E-state index in [0.717, 1.165) is 38.5 Å². The van der Waals surface area contributed by atoms with Gasteiger partial charge in [0.25, 0.3) is 0 Å². The SMILES string of the molecule is CCCCCCCCCCCCCCCCCCCCCCCC/C=C/CC/C=C/C(O)C(COP(=O)(O)OCC[N+](C)(C)C)NC(=O)CCCCCCCCCCCCCCCCCC. The predicted octanol–water partition coefficient (Wildman–Crippen LogP) is 17.2. The molecule has 0 aromatic heterocycles. The highest BCUT2D eigenvalue weighted by molar-refractivity contribution is 7.47. The highest BCUT2D eigenvalue weighted by atomic mass is 31.2. The van der Waals surface area contributed by atoms with Crippen LogP contribution in [-0.2, 0) is 18.4 Å². The topological polar surface area (TPSA) is 105 Å². The molecule has 66 heavy (non-hydrogen) atoms. The van der Waals surface area contributed by atoms with Crippen LogP contribution in [0.3, 0.4) is 0 Å². The molecule has 0 rings (SSSR count). The highest BCUT2D eigenvalue weighted by Crippen LogP contribution is 2.43. The first kappa shape index (κ1) is 65.0. The first-order chi connectivity index (χ1) is 32.0. The molecule has 0 radical (unpaired) electrons. The van der Waals surface area contributed by atoms with Gasteiger partial charge in [0, 0.05) is 6.42 Å². The summed E-state index contributed by atoms with van der Waals surface area (Å²) in [6.07, 6.45) is 61.5. The zero-order valence-corrected chi connectivity index (χ0v) is 45.6. The summed E-state index contributed by atoms with van der Waals surface area (Å²) in [6.45, 7) is 4.83. The van der Waals surface area contributed by atoms with Gasteiger partial charge in [0.2, 0.25) is 5.91 Å². The molecule has 0 aromatic rings. The van der Waals surface area contributed by atoms with Crippen LogP contribution in [0.4, 0.5) is 0 Å². The number of hydrogen-bond acceptors (Lipinski definition) is 5. The number of phosphoric acid groups is 1. The molecule has 0 aromatic carbocycles. The van der Waals surface area contributed by atoms with Crippen molar-refractivity contribution in [1.82, 2.24) is 5.32 Å². The Balaban J connectivity index is 4.19. The summed E-state index contributed by atoms with van der Waals surface area (Å²) in [4.78, 5) is 23.2. The Kier molecular flexibility index (Phi) is 48.2. The maximum Gasteiger partial charge on any atom is 0.472 e. The highest BCUT2D eigenvalue weighted by Gasteiger charge is 2.27. The Morgan fingerprint density at radius 1 is 0.500 bits per heavy atom. The quantitative estimate of drug-likeness (QED) is 0.0243. The lowest BCUT2D eigenvalue weighted by Crippen LogP contribution is -2.45. The van der Waals surface area contributed by atoms with Crippen molar-refractivity contribution in [1.29, 1.82) is 0 Å². The van der Waals surface area contributed by atoms with Crippen molar-refractivity contribution in [2.75, 3.05) is 40.9 Å². The van der Waals surface area contributed by atoms with Crippen LogP contribution in [0.2, 0.25) is 0 Å². The Hall–Kier alpha value is -1.02. The van der Waals surface area contributed by atoms with Crippen LogP contribution >= 0.6 is 7.82 Å². The molecule has 3 N–H and O–H groups in total. The van der Waals surface area contributed by atoms with E-state index in [0.29, 0.717) is 17.4 Å². The standard InChI is InChI=1S/C57H113N2O6P/c1-6-8-10-12-14-16-18-20-22-24-25-26-27-28-29-30-31-32-33-34-35-36-38-40-42-44-46-48-50-56(60)55(54-65-66(62,63)64-53-52-59(3,4)5)58-57(61)51-49-47-45-43-41-39-37-23-21-19-17-15-13-11-9-7-2/h40,42,48,50,55-56,60H,6-39,41,43-47,49,51-54H2,1-5H3,(H-,58,61,62,63)/p+1/b42-40+,50-48+. The molecule has 0 heterocycles. The summed E-state index contributed by atoms with van der Waals surface area (Å²) in [5.74, 6) is -0.182. The van der Waals surface area contributed by atoms with Crippen LogP contribution in [0.1, 0.15) is 284 Å². The van der Waals surface area contributed by atoms with E-state index < -0.39 is 20.0 Å². The summed E-state index contributed by atoms with van der Waals surface area (Å²) >= 11 is 0. The Morgan fingerprint density at radius 2 is 0.833 bits per heavy atom. The van der Waals surface area contributed by atoms with Crippen molar-refractivity contribution < 1.29 is 32.9 Å². The average molecular weight is 955 g/mol. The minimum atomic E-state index is -4.35. The first-order valence-corrected chi connectivity index (χ1v) is 30.2. The van der Waals surface area contributed by atoms with Gasteiger partial charge in [0.15, 0.2) is 0 Å². The third-order valence-corrected chi connectivity index (χ3v) is 14.2. The number of allylic oxidation sites excluding steroid dienone is 3. The van der Waals surface area contributed by atoms with Crippen LogP contribution in [0.25, 0.3) is 0 Å².